The zero-order valence-electron chi connectivity index (χ0n) is 12.5. The summed E-state index contributed by atoms with van der Waals surface area (Å²) in [4.78, 5) is 32.8. The van der Waals surface area contributed by atoms with E-state index in [9.17, 15) is 9.59 Å². The Morgan fingerprint density at radius 1 is 1.41 bits per heavy atom. The van der Waals surface area contributed by atoms with Gasteiger partial charge in [0.2, 0.25) is 5.91 Å². The van der Waals surface area contributed by atoms with Crippen molar-refractivity contribution in [1.82, 2.24) is 20.2 Å². The molecule has 2 amide bonds. The molecule has 22 heavy (non-hydrogen) atoms. The van der Waals surface area contributed by atoms with Crippen molar-refractivity contribution in [2.75, 3.05) is 20.2 Å². The van der Waals surface area contributed by atoms with Gasteiger partial charge >= 0.3 is 6.09 Å². The second-order valence-electron chi connectivity index (χ2n) is 5.44. The normalized spacial score (nSPS) is 16.2. The number of imidazole rings is 1. The first-order chi connectivity index (χ1) is 10.6. The number of nitrogens with one attached hydrogen (secondary N) is 2. The molecule has 0 radical (unpaired) electrons. The summed E-state index contributed by atoms with van der Waals surface area (Å²) in [5, 5.41) is 2.48. The van der Waals surface area contributed by atoms with Crippen LogP contribution in [0.1, 0.15) is 18.7 Å². The highest BCUT2D eigenvalue weighted by molar-refractivity contribution is 5.86. The Morgan fingerprint density at radius 2 is 2.14 bits per heavy atom. The molecule has 1 aromatic heterocycles. The van der Waals surface area contributed by atoms with E-state index in [0.717, 1.165) is 16.9 Å². The fourth-order valence-electron chi connectivity index (χ4n) is 2.57. The summed E-state index contributed by atoms with van der Waals surface area (Å²) in [5.74, 6) is 0.998. The Balaban J connectivity index is 1.59. The predicted octanol–water partition coefficient (Wildman–Crippen LogP) is 1.23. The Hall–Kier alpha value is -2.57. The van der Waals surface area contributed by atoms with E-state index in [2.05, 4.69) is 20.0 Å². The molecule has 0 aliphatic carbocycles. The smallest absolute Gasteiger partial charge is 0.407 e. The van der Waals surface area contributed by atoms with Crippen molar-refractivity contribution in [3.8, 4) is 0 Å². The molecule has 7 heteroatoms. The quantitative estimate of drug-likeness (QED) is 0.893. The SMILES string of the molecule is COC(=O)N[C@H](C)C(=O)N1CC(c2nc3ccccc3[nH]2)C1. The number of aromatic amines is 1. The monoisotopic (exact) mass is 302 g/mol. The first-order valence-corrected chi connectivity index (χ1v) is 7.16. The van der Waals surface area contributed by atoms with Crippen LogP contribution in [0.5, 0.6) is 0 Å². The number of benzene rings is 1. The fourth-order valence-corrected chi connectivity index (χ4v) is 2.57. The molecular formula is C15H18N4O3. The van der Waals surface area contributed by atoms with Gasteiger partial charge in [-0.25, -0.2) is 9.78 Å². The number of carbonyl (C=O) groups is 2. The largest absolute Gasteiger partial charge is 0.453 e. The third-order valence-corrected chi connectivity index (χ3v) is 3.88. The van der Waals surface area contributed by atoms with Gasteiger partial charge in [0.15, 0.2) is 0 Å². The highest BCUT2D eigenvalue weighted by Crippen LogP contribution is 2.27. The molecule has 1 aliphatic heterocycles. The topological polar surface area (TPSA) is 87.3 Å². The highest BCUT2D eigenvalue weighted by Gasteiger charge is 2.36. The number of fused-ring (bicyclic) bond motifs is 1. The van der Waals surface area contributed by atoms with E-state index < -0.39 is 12.1 Å². The van der Waals surface area contributed by atoms with E-state index >= 15 is 0 Å². The first-order valence-electron chi connectivity index (χ1n) is 7.16. The molecule has 7 nitrogen and oxygen atoms in total. The molecule has 0 bridgehead atoms. The number of carbonyl (C=O) groups excluding carboxylic acids is 2. The van der Waals surface area contributed by atoms with Gasteiger partial charge in [-0.3, -0.25) is 4.79 Å². The summed E-state index contributed by atoms with van der Waals surface area (Å²) in [7, 11) is 1.27. The summed E-state index contributed by atoms with van der Waals surface area (Å²) in [6.07, 6.45) is -0.602. The number of para-hydroxylation sites is 2. The van der Waals surface area contributed by atoms with E-state index in [1.165, 1.54) is 7.11 Å². The lowest BCUT2D eigenvalue weighted by molar-refractivity contribution is -0.137. The van der Waals surface area contributed by atoms with Crippen LogP contribution in [0.2, 0.25) is 0 Å². The Morgan fingerprint density at radius 3 is 2.82 bits per heavy atom. The van der Waals surface area contributed by atoms with Crippen molar-refractivity contribution in [3.05, 3.63) is 30.1 Å². The molecule has 2 aromatic rings. The maximum Gasteiger partial charge on any atom is 0.407 e. The zero-order valence-corrected chi connectivity index (χ0v) is 12.5. The van der Waals surface area contributed by atoms with Crippen LogP contribution in [0.4, 0.5) is 4.79 Å². The molecular weight excluding hydrogens is 284 g/mol. The number of alkyl carbamates (subject to hydrolysis) is 1. The number of aromatic nitrogens is 2. The van der Waals surface area contributed by atoms with Crippen molar-refractivity contribution < 1.29 is 14.3 Å². The number of likely N-dealkylation sites (tertiary alicyclic amines) is 1. The Bertz CT molecular complexity index is 673. The average Bonchev–Trinajstić information content (AvgIpc) is 2.88. The van der Waals surface area contributed by atoms with Gasteiger partial charge in [-0.15, -0.1) is 0 Å². The van der Waals surface area contributed by atoms with Crippen LogP contribution in [0, 0.1) is 0 Å². The number of H-pyrrole nitrogens is 1. The first kappa shape index (κ1) is 14.4. The van der Waals surface area contributed by atoms with Crippen LogP contribution < -0.4 is 5.32 Å². The minimum Gasteiger partial charge on any atom is -0.453 e. The van der Waals surface area contributed by atoms with Crippen LogP contribution in [0.15, 0.2) is 24.3 Å². The number of rotatable bonds is 3. The number of hydrogen-bond acceptors (Lipinski definition) is 4. The molecule has 1 fully saturated rings. The minimum atomic E-state index is -0.602. The molecule has 3 rings (SSSR count). The van der Waals surface area contributed by atoms with Crippen molar-refractivity contribution in [2.24, 2.45) is 0 Å². The number of ether oxygens (including phenoxy) is 1. The number of amides is 2. The van der Waals surface area contributed by atoms with Crippen LogP contribution in [0.25, 0.3) is 11.0 Å². The van der Waals surface area contributed by atoms with Gasteiger partial charge in [0.05, 0.1) is 24.1 Å². The third-order valence-electron chi connectivity index (χ3n) is 3.88. The molecule has 1 aromatic carbocycles. The van der Waals surface area contributed by atoms with E-state index in [1.807, 2.05) is 24.3 Å². The number of nitrogens with zero attached hydrogens (tertiary/aromatic N) is 2. The average molecular weight is 302 g/mol. The lowest BCUT2D eigenvalue weighted by Crippen LogP contribution is -2.55. The lowest BCUT2D eigenvalue weighted by atomic mass is 9.98. The van der Waals surface area contributed by atoms with E-state index in [4.69, 9.17) is 0 Å². The maximum atomic E-state index is 12.2. The standard InChI is InChI=1S/C15H18N4O3/c1-9(16-15(21)22-2)14(20)19-7-10(8-19)13-17-11-5-3-4-6-12(11)18-13/h3-6,9-10H,7-8H2,1-2H3,(H,16,21)(H,17,18)/t9-/m1/s1. The van der Waals surface area contributed by atoms with Gasteiger partial charge in [0, 0.05) is 13.1 Å². The van der Waals surface area contributed by atoms with Gasteiger partial charge in [-0.1, -0.05) is 12.1 Å². The summed E-state index contributed by atoms with van der Waals surface area (Å²) in [6.45, 7) is 2.85. The summed E-state index contributed by atoms with van der Waals surface area (Å²) in [5.41, 5.74) is 1.94. The molecule has 0 unspecified atom stereocenters. The maximum absolute atomic E-state index is 12.2. The number of methoxy groups -OCH3 is 1. The summed E-state index contributed by atoms with van der Waals surface area (Å²) >= 11 is 0. The summed E-state index contributed by atoms with van der Waals surface area (Å²) in [6, 6.07) is 7.25. The Kier molecular flexibility index (Phi) is 3.70. The van der Waals surface area contributed by atoms with Gasteiger partial charge < -0.3 is 19.9 Å². The van der Waals surface area contributed by atoms with Crippen molar-refractivity contribution in [2.45, 2.75) is 18.9 Å². The zero-order chi connectivity index (χ0) is 15.7. The number of hydrogen-bond donors (Lipinski definition) is 2. The fraction of sp³-hybridized carbons (Fsp3) is 0.400. The van der Waals surface area contributed by atoms with Gasteiger partial charge in [0.1, 0.15) is 11.9 Å². The second kappa shape index (κ2) is 5.67. The van der Waals surface area contributed by atoms with Crippen molar-refractivity contribution in [1.29, 1.82) is 0 Å². The molecule has 2 heterocycles. The lowest BCUT2D eigenvalue weighted by Gasteiger charge is -2.39. The van der Waals surface area contributed by atoms with Crippen molar-refractivity contribution in [3.63, 3.8) is 0 Å². The van der Waals surface area contributed by atoms with Crippen molar-refractivity contribution >= 4 is 23.0 Å². The van der Waals surface area contributed by atoms with Crippen LogP contribution >= 0.6 is 0 Å². The molecule has 116 valence electrons. The van der Waals surface area contributed by atoms with Crippen LogP contribution in [-0.2, 0) is 9.53 Å². The summed E-state index contributed by atoms with van der Waals surface area (Å²) < 4.78 is 4.49. The molecule has 1 atom stereocenters. The van der Waals surface area contributed by atoms with Gasteiger partial charge in [-0.2, -0.15) is 0 Å². The minimum absolute atomic E-state index is 0.113. The third kappa shape index (κ3) is 2.61. The van der Waals surface area contributed by atoms with E-state index in [-0.39, 0.29) is 11.8 Å². The second-order valence-corrected chi connectivity index (χ2v) is 5.44. The Labute approximate surface area is 127 Å². The molecule has 1 aliphatic rings. The van der Waals surface area contributed by atoms with E-state index in [0.29, 0.717) is 13.1 Å². The molecule has 0 spiro atoms. The highest BCUT2D eigenvalue weighted by atomic mass is 16.5. The van der Waals surface area contributed by atoms with E-state index in [1.54, 1.807) is 11.8 Å². The van der Waals surface area contributed by atoms with Crippen LogP contribution in [0.3, 0.4) is 0 Å². The van der Waals surface area contributed by atoms with Gasteiger partial charge in [0.25, 0.3) is 0 Å². The molecule has 0 saturated carbocycles. The van der Waals surface area contributed by atoms with Gasteiger partial charge in [-0.05, 0) is 19.1 Å². The predicted molar refractivity (Wildman–Crippen MR) is 80.4 cm³/mol. The molecule has 2 N–H and O–H groups in total. The molecule has 1 saturated heterocycles. The van der Waals surface area contributed by atoms with Crippen LogP contribution in [-0.4, -0.2) is 53.1 Å².